The molecule has 1 saturated heterocycles. The lowest BCUT2D eigenvalue weighted by Crippen LogP contribution is -2.36. The van der Waals surface area contributed by atoms with Crippen molar-refractivity contribution < 1.29 is 4.79 Å². The lowest BCUT2D eigenvalue weighted by molar-refractivity contribution is 0.0939. The van der Waals surface area contributed by atoms with Crippen LogP contribution in [0, 0.1) is 13.8 Å². The van der Waals surface area contributed by atoms with E-state index in [1.54, 1.807) is 0 Å². The van der Waals surface area contributed by atoms with Gasteiger partial charge in [0.05, 0.1) is 17.1 Å². The Hall–Kier alpha value is -2.59. The summed E-state index contributed by atoms with van der Waals surface area (Å²) >= 11 is 0. The fraction of sp³-hybridized carbons (Fsp3) is 0.348. The molecule has 2 aromatic carbocycles. The van der Waals surface area contributed by atoms with Crippen LogP contribution in [0.5, 0.6) is 0 Å². The number of likely N-dealkylation sites (tertiary alicyclic amines) is 1. The van der Waals surface area contributed by atoms with Crippen LogP contribution in [0.1, 0.15) is 46.1 Å². The van der Waals surface area contributed by atoms with Gasteiger partial charge in [0.1, 0.15) is 0 Å². The van der Waals surface area contributed by atoms with Gasteiger partial charge in [-0.25, -0.2) is 0 Å². The van der Waals surface area contributed by atoms with Crippen LogP contribution in [0.15, 0.2) is 48.5 Å². The van der Waals surface area contributed by atoms with Crippen molar-refractivity contribution in [1.82, 2.24) is 15.2 Å². The molecule has 0 saturated carbocycles. The number of aromatic nitrogens is 1. The first kappa shape index (κ1) is 17.8. The summed E-state index contributed by atoms with van der Waals surface area (Å²) in [5.74, 6) is -0.0121. The molecular weight excluding hydrogens is 334 g/mol. The van der Waals surface area contributed by atoms with Gasteiger partial charge in [0, 0.05) is 17.6 Å². The molecule has 0 bridgehead atoms. The number of carbonyl (C=O) groups is 1. The topological polar surface area (TPSA) is 48.1 Å². The smallest absolute Gasteiger partial charge is 0.253 e. The van der Waals surface area contributed by atoms with Crippen molar-refractivity contribution in [2.24, 2.45) is 0 Å². The summed E-state index contributed by atoms with van der Waals surface area (Å²) in [4.78, 5) is 18.8. The summed E-state index contributed by atoms with van der Waals surface area (Å²) in [7, 11) is 0. The number of nitrogens with zero attached hydrogens (tertiary/aromatic N) is 1. The minimum absolute atomic E-state index is 0.0121. The number of H-pyrrole nitrogens is 1. The zero-order chi connectivity index (χ0) is 18.8. The molecule has 140 valence electrons. The number of hydrogen-bond acceptors (Lipinski definition) is 2. The molecule has 1 atom stereocenters. The number of rotatable bonds is 5. The maximum absolute atomic E-state index is 13.0. The van der Waals surface area contributed by atoms with Crippen molar-refractivity contribution in [1.29, 1.82) is 0 Å². The molecule has 0 radical (unpaired) electrons. The average molecular weight is 361 g/mol. The van der Waals surface area contributed by atoms with Gasteiger partial charge in [0.2, 0.25) is 0 Å². The summed E-state index contributed by atoms with van der Waals surface area (Å²) in [5.41, 5.74) is 5.24. The third kappa shape index (κ3) is 3.50. The molecule has 3 aromatic rings. The molecule has 2 heterocycles. The summed E-state index contributed by atoms with van der Waals surface area (Å²) in [6.45, 7) is 6.96. The van der Waals surface area contributed by atoms with Crippen LogP contribution in [0.3, 0.4) is 0 Å². The van der Waals surface area contributed by atoms with E-state index >= 15 is 0 Å². The SMILES string of the molecule is Cc1[nH]c2c(C(=O)NC[C@@H](c3ccccc3)N3CCCC3)cccc2c1C. The van der Waals surface area contributed by atoms with Gasteiger partial charge >= 0.3 is 0 Å². The number of nitrogens with one attached hydrogen (secondary N) is 2. The van der Waals surface area contributed by atoms with Crippen LogP contribution >= 0.6 is 0 Å². The molecule has 1 aliphatic heterocycles. The normalized spacial score (nSPS) is 15.9. The van der Waals surface area contributed by atoms with Crippen molar-refractivity contribution in [3.8, 4) is 0 Å². The highest BCUT2D eigenvalue weighted by molar-refractivity contribution is 6.06. The Morgan fingerprint density at radius 3 is 2.56 bits per heavy atom. The Morgan fingerprint density at radius 2 is 1.81 bits per heavy atom. The molecular formula is C23H27N3O. The molecule has 0 aliphatic carbocycles. The van der Waals surface area contributed by atoms with E-state index in [1.165, 1.54) is 24.0 Å². The minimum Gasteiger partial charge on any atom is -0.358 e. The van der Waals surface area contributed by atoms with Gasteiger partial charge in [-0.15, -0.1) is 0 Å². The minimum atomic E-state index is -0.0121. The molecule has 0 spiro atoms. The van der Waals surface area contributed by atoms with Crippen LogP contribution in [0.2, 0.25) is 0 Å². The molecule has 4 heteroatoms. The Kier molecular flexibility index (Phi) is 4.99. The summed E-state index contributed by atoms with van der Waals surface area (Å²) in [5, 5.41) is 4.32. The zero-order valence-electron chi connectivity index (χ0n) is 16.1. The van der Waals surface area contributed by atoms with Gasteiger partial charge in [0.25, 0.3) is 5.91 Å². The lowest BCUT2D eigenvalue weighted by atomic mass is 10.0. The third-order valence-corrected chi connectivity index (χ3v) is 5.81. The predicted molar refractivity (Wildman–Crippen MR) is 110 cm³/mol. The Labute approximate surface area is 160 Å². The van der Waals surface area contributed by atoms with Gasteiger partial charge in [-0.2, -0.15) is 0 Å². The van der Waals surface area contributed by atoms with Gasteiger partial charge < -0.3 is 10.3 Å². The van der Waals surface area contributed by atoms with E-state index < -0.39 is 0 Å². The lowest BCUT2D eigenvalue weighted by Gasteiger charge is -2.28. The quantitative estimate of drug-likeness (QED) is 0.710. The van der Waals surface area contributed by atoms with E-state index in [4.69, 9.17) is 0 Å². The van der Waals surface area contributed by atoms with Crippen molar-refractivity contribution in [2.45, 2.75) is 32.7 Å². The second-order valence-electron chi connectivity index (χ2n) is 7.48. The molecule has 4 rings (SSSR count). The number of hydrogen-bond donors (Lipinski definition) is 2. The number of aromatic amines is 1. The predicted octanol–water partition coefficient (Wildman–Crippen LogP) is 4.35. The van der Waals surface area contributed by atoms with Crippen molar-refractivity contribution in [3.63, 3.8) is 0 Å². The first-order chi connectivity index (χ1) is 13.1. The molecule has 27 heavy (non-hydrogen) atoms. The summed E-state index contributed by atoms with van der Waals surface area (Å²) < 4.78 is 0. The van der Waals surface area contributed by atoms with E-state index in [9.17, 15) is 4.79 Å². The first-order valence-corrected chi connectivity index (χ1v) is 9.80. The molecule has 2 N–H and O–H groups in total. The molecule has 1 aromatic heterocycles. The van der Waals surface area contributed by atoms with Crippen molar-refractivity contribution in [3.05, 3.63) is 70.9 Å². The second kappa shape index (κ2) is 7.57. The number of benzene rings is 2. The van der Waals surface area contributed by atoms with Crippen LogP contribution < -0.4 is 5.32 Å². The van der Waals surface area contributed by atoms with Crippen molar-refractivity contribution >= 4 is 16.8 Å². The summed E-state index contributed by atoms with van der Waals surface area (Å²) in [6.07, 6.45) is 2.47. The fourth-order valence-electron chi connectivity index (χ4n) is 4.14. The van der Waals surface area contributed by atoms with E-state index in [1.807, 2.05) is 18.2 Å². The van der Waals surface area contributed by atoms with Gasteiger partial charge in [-0.05, 0) is 57.0 Å². The van der Waals surface area contributed by atoms with Crippen LogP contribution in [0.4, 0.5) is 0 Å². The third-order valence-electron chi connectivity index (χ3n) is 5.81. The monoisotopic (exact) mass is 361 g/mol. The number of aryl methyl sites for hydroxylation is 2. The van der Waals surface area contributed by atoms with Gasteiger partial charge in [0.15, 0.2) is 0 Å². The summed E-state index contributed by atoms with van der Waals surface area (Å²) in [6, 6.07) is 16.7. The fourth-order valence-corrected chi connectivity index (χ4v) is 4.14. The largest absolute Gasteiger partial charge is 0.358 e. The van der Waals surface area contributed by atoms with E-state index in [-0.39, 0.29) is 11.9 Å². The number of fused-ring (bicyclic) bond motifs is 1. The van der Waals surface area contributed by atoms with Crippen molar-refractivity contribution in [2.75, 3.05) is 19.6 Å². The van der Waals surface area contributed by atoms with Gasteiger partial charge in [-0.1, -0.05) is 42.5 Å². The Bertz CT molecular complexity index is 939. The number of carbonyl (C=O) groups excluding carboxylic acids is 1. The molecule has 0 unspecified atom stereocenters. The van der Waals surface area contributed by atoms with Gasteiger partial charge in [-0.3, -0.25) is 9.69 Å². The zero-order valence-corrected chi connectivity index (χ0v) is 16.1. The highest BCUT2D eigenvalue weighted by Crippen LogP contribution is 2.26. The van der Waals surface area contributed by atoms with E-state index in [0.717, 1.165) is 35.2 Å². The maximum Gasteiger partial charge on any atom is 0.253 e. The van der Waals surface area contributed by atoms with Crippen LogP contribution in [0.25, 0.3) is 10.9 Å². The molecule has 1 fully saturated rings. The molecule has 4 nitrogen and oxygen atoms in total. The Balaban J connectivity index is 1.56. The highest BCUT2D eigenvalue weighted by Gasteiger charge is 2.24. The standard InChI is InChI=1S/C23H27N3O/c1-16-17(2)25-22-19(16)11-8-12-20(22)23(27)24-15-21(26-13-6-7-14-26)18-9-4-3-5-10-18/h3-5,8-12,21,25H,6-7,13-15H2,1-2H3,(H,24,27)/t21-/m0/s1. The first-order valence-electron chi connectivity index (χ1n) is 9.80. The number of amides is 1. The second-order valence-corrected chi connectivity index (χ2v) is 7.48. The van der Waals surface area contributed by atoms with E-state index in [0.29, 0.717) is 6.54 Å². The molecule has 1 amide bonds. The average Bonchev–Trinajstić information content (AvgIpc) is 3.32. The maximum atomic E-state index is 13.0. The Morgan fingerprint density at radius 1 is 1.07 bits per heavy atom. The van der Waals surface area contributed by atoms with Crippen LogP contribution in [-0.4, -0.2) is 35.4 Å². The van der Waals surface area contributed by atoms with Crippen LogP contribution in [-0.2, 0) is 0 Å². The molecule has 1 aliphatic rings. The van der Waals surface area contributed by atoms with E-state index in [2.05, 4.69) is 59.4 Å². The highest BCUT2D eigenvalue weighted by atomic mass is 16.1. The number of para-hydroxylation sites is 1.